The van der Waals surface area contributed by atoms with Crippen LogP contribution in [0.25, 0.3) is 0 Å². The number of morpholine rings is 1. The molecule has 0 saturated carbocycles. The van der Waals surface area contributed by atoms with Gasteiger partial charge in [-0.15, -0.1) is 0 Å². The highest BCUT2D eigenvalue weighted by Gasteiger charge is 2.47. The van der Waals surface area contributed by atoms with Crippen LogP contribution in [0.5, 0.6) is 0 Å². The molecule has 0 aromatic rings. The molecule has 2 heterocycles. The number of nitrogens with zero attached hydrogens (tertiary/aromatic N) is 1. The number of likely N-dealkylation sites (tertiary alicyclic amines) is 1. The quantitative estimate of drug-likeness (QED) is 0.719. The molecule has 2 fully saturated rings. The number of hydrogen-bond donors (Lipinski definition) is 1. The normalized spacial score (nSPS) is 22.9. The summed E-state index contributed by atoms with van der Waals surface area (Å²) >= 11 is 0. The van der Waals surface area contributed by atoms with Gasteiger partial charge < -0.3 is 19.7 Å². The van der Waals surface area contributed by atoms with Gasteiger partial charge in [-0.05, 0) is 6.42 Å². The van der Waals surface area contributed by atoms with Crippen molar-refractivity contribution < 1.29 is 14.3 Å². The van der Waals surface area contributed by atoms with Crippen LogP contribution in [-0.4, -0.2) is 56.0 Å². The Bertz CT molecular complexity index is 244. The fourth-order valence-corrected chi connectivity index (χ4v) is 2.08. The lowest BCUT2D eigenvalue weighted by Crippen LogP contribution is -2.70. The highest BCUT2D eigenvalue weighted by atomic mass is 16.6. The average molecular weight is 228 g/mol. The summed E-state index contributed by atoms with van der Waals surface area (Å²) in [6.45, 7) is 6.40. The highest BCUT2D eigenvalue weighted by molar-refractivity contribution is 5.69. The lowest BCUT2D eigenvalue weighted by atomic mass is 9.93. The van der Waals surface area contributed by atoms with Gasteiger partial charge in [-0.3, -0.25) is 0 Å². The molecule has 2 rings (SSSR count). The number of hydrogen-bond acceptors (Lipinski definition) is 4. The van der Waals surface area contributed by atoms with Crippen molar-refractivity contribution in [2.24, 2.45) is 0 Å². The van der Waals surface area contributed by atoms with Gasteiger partial charge >= 0.3 is 6.09 Å². The third-order valence-electron chi connectivity index (χ3n) is 3.07. The van der Waals surface area contributed by atoms with E-state index in [2.05, 4.69) is 12.2 Å². The number of carbonyl (C=O) groups excluding carboxylic acids is 1. The summed E-state index contributed by atoms with van der Waals surface area (Å²) in [5, 5.41) is 3.29. The summed E-state index contributed by atoms with van der Waals surface area (Å²) in [4.78, 5) is 13.3. The first-order valence-corrected chi connectivity index (χ1v) is 6.02. The maximum atomic E-state index is 11.6. The summed E-state index contributed by atoms with van der Waals surface area (Å²) in [6, 6.07) is 0. The van der Waals surface area contributed by atoms with Gasteiger partial charge in [-0.25, -0.2) is 4.79 Å². The zero-order chi connectivity index (χ0) is 11.4. The maximum absolute atomic E-state index is 11.6. The predicted octanol–water partition coefficient (Wildman–Crippen LogP) is 0.597. The van der Waals surface area contributed by atoms with Gasteiger partial charge in [0, 0.05) is 13.1 Å². The molecule has 0 aromatic heterocycles. The zero-order valence-electron chi connectivity index (χ0n) is 9.83. The van der Waals surface area contributed by atoms with Gasteiger partial charge in [0.25, 0.3) is 0 Å². The first kappa shape index (κ1) is 11.7. The number of rotatable bonds is 3. The second-order valence-electron chi connectivity index (χ2n) is 4.53. The van der Waals surface area contributed by atoms with E-state index >= 15 is 0 Å². The second kappa shape index (κ2) is 5.01. The second-order valence-corrected chi connectivity index (χ2v) is 4.53. The molecule has 0 aliphatic carbocycles. The molecule has 0 aromatic carbocycles. The largest absolute Gasteiger partial charge is 0.449 e. The molecule has 5 nitrogen and oxygen atoms in total. The van der Waals surface area contributed by atoms with Crippen molar-refractivity contribution in [2.75, 3.05) is 39.4 Å². The van der Waals surface area contributed by atoms with E-state index in [1.165, 1.54) is 0 Å². The van der Waals surface area contributed by atoms with E-state index in [1.54, 1.807) is 4.90 Å². The van der Waals surface area contributed by atoms with E-state index < -0.39 is 0 Å². The summed E-state index contributed by atoms with van der Waals surface area (Å²) < 4.78 is 10.8. The minimum absolute atomic E-state index is 0.137. The van der Waals surface area contributed by atoms with E-state index in [1.807, 2.05) is 0 Å². The van der Waals surface area contributed by atoms with Gasteiger partial charge in [-0.2, -0.15) is 0 Å². The third-order valence-corrected chi connectivity index (χ3v) is 3.07. The zero-order valence-corrected chi connectivity index (χ0v) is 9.83. The monoisotopic (exact) mass is 228 g/mol. The number of amides is 1. The molecule has 0 radical (unpaired) electrons. The Hall–Kier alpha value is -0.810. The molecule has 2 aliphatic heterocycles. The standard InChI is InChI=1S/C11H20N2O3/c1-2-3-5-15-10(14)13-8-11(9-13)7-12-4-6-16-11/h12H,2-9H2,1H3. The topological polar surface area (TPSA) is 50.8 Å². The Morgan fingerprint density at radius 3 is 3.00 bits per heavy atom. The van der Waals surface area contributed by atoms with Gasteiger partial charge in [0.05, 0.1) is 26.3 Å². The molecule has 0 bridgehead atoms. The molecule has 2 saturated heterocycles. The van der Waals surface area contributed by atoms with Crippen molar-refractivity contribution in [3.05, 3.63) is 0 Å². The SMILES string of the molecule is CCCCOC(=O)N1CC2(CNCCO2)C1. The summed E-state index contributed by atoms with van der Waals surface area (Å²) in [7, 11) is 0. The smallest absolute Gasteiger partial charge is 0.409 e. The van der Waals surface area contributed by atoms with Crippen molar-refractivity contribution in [1.29, 1.82) is 0 Å². The number of nitrogens with one attached hydrogen (secondary N) is 1. The Labute approximate surface area is 96.1 Å². The predicted molar refractivity (Wildman–Crippen MR) is 59.4 cm³/mol. The molecule has 1 spiro atoms. The summed E-state index contributed by atoms with van der Waals surface area (Å²) in [6.07, 6.45) is 1.78. The van der Waals surface area contributed by atoms with E-state index in [4.69, 9.17) is 9.47 Å². The summed E-state index contributed by atoms with van der Waals surface area (Å²) in [5.74, 6) is 0. The van der Waals surface area contributed by atoms with Crippen LogP contribution >= 0.6 is 0 Å². The van der Waals surface area contributed by atoms with Crippen molar-refractivity contribution in [1.82, 2.24) is 10.2 Å². The minimum Gasteiger partial charge on any atom is -0.449 e. The van der Waals surface area contributed by atoms with E-state index in [0.717, 1.165) is 32.5 Å². The Morgan fingerprint density at radius 1 is 1.56 bits per heavy atom. The van der Waals surface area contributed by atoms with Crippen LogP contribution in [0.3, 0.4) is 0 Å². The van der Waals surface area contributed by atoms with Crippen LogP contribution in [0.4, 0.5) is 4.79 Å². The molecule has 2 aliphatic rings. The first-order chi connectivity index (χ1) is 7.76. The van der Waals surface area contributed by atoms with Crippen LogP contribution in [0.15, 0.2) is 0 Å². The van der Waals surface area contributed by atoms with Crippen LogP contribution in [0.2, 0.25) is 0 Å². The van der Waals surface area contributed by atoms with Crippen molar-refractivity contribution in [3.63, 3.8) is 0 Å². The molecular weight excluding hydrogens is 208 g/mol. The average Bonchev–Trinajstić information content (AvgIpc) is 2.27. The lowest BCUT2D eigenvalue weighted by Gasteiger charge is -2.50. The highest BCUT2D eigenvalue weighted by Crippen LogP contribution is 2.26. The fraction of sp³-hybridized carbons (Fsp3) is 0.909. The molecular formula is C11H20N2O3. The first-order valence-electron chi connectivity index (χ1n) is 6.02. The van der Waals surface area contributed by atoms with Crippen molar-refractivity contribution in [3.8, 4) is 0 Å². The molecule has 1 amide bonds. The van der Waals surface area contributed by atoms with Crippen molar-refractivity contribution >= 4 is 6.09 Å². The maximum Gasteiger partial charge on any atom is 0.409 e. The number of carbonyl (C=O) groups is 1. The van der Waals surface area contributed by atoms with Crippen LogP contribution in [0.1, 0.15) is 19.8 Å². The third kappa shape index (κ3) is 2.47. The molecule has 0 atom stereocenters. The van der Waals surface area contributed by atoms with Gasteiger partial charge in [-0.1, -0.05) is 13.3 Å². The lowest BCUT2D eigenvalue weighted by molar-refractivity contribution is -0.146. The van der Waals surface area contributed by atoms with E-state index in [0.29, 0.717) is 19.7 Å². The molecule has 0 unspecified atom stereocenters. The Balaban J connectivity index is 1.68. The van der Waals surface area contributed by atoms with Gasteiger partial charge in [0.1, 0.15) is 5.60 Å². The van der Waals surface area contributed by atoms with Gasteiger partial charge in [0.15, 0.2) is 0 Å². The number of ether oxygens (including phenoxy) is 2. The van der Waals surface area contributed by atoms with Crippen LogP contribution in [-0.2, 0) is 9.47 Å². The Morgan fingerprint density at radius 2 is 2.38 bits per heavy atom. The van der Waals surface area contributed by atoms with Crippen LogP contribution in [0, 0.1) is 0 Å². The van der Waals surface area contributed by atoms with E-state index in [-0.39, 0.29) is 11.7 Å². The Kier molecular flexibility index (Phi) is 3.66. The molecule has 16 heavy (non-hydrogen) atoms. The van der Waals surface area contributed by atoms with Gasteiger partial charge in [0.2, 0.25) is 0 Å². The molecule has 1 N–H and O–H groups in total. The summed E-state index contributed by atoms with van der Waals surface area (Å²) in [5.41, 5.74) is -0.137. The van der Waals surface area contributed by atoms with Crippen LogP contribution < -0.4 is 5.32 Å². The van der Waals surface area contributed by atoms with E-state index in [9.17, 15) is 4.79 Å². The molecule has 92 valence electrons. The minimum atomic E-state index is -0.201. The van der Waals surface area contributed by atoms with Crippen molar-refractivity contribution in [2.45, 2.75) is 25.4 Å². The fourth-order valence-electron chi connectivity index (χ4n) is 2.08. The molecule has 5 heteroatoms. The number of unbranched alkanes of at least 4 members (excludes halogenated alkanes) is 1.